The van der Waals surface area contributed by atoms with Gasteiger partial charge in [0.1, 0.15) is 0 Å². The van der Waals surface area contributed by atoms with Crippen molar-refractivity contribution in [3.05, 3.63) is 0 Å². The summed E-state index contributed by atoms with van der Waals surface area (Å²) in [5.41, 5.74) is 0.142. The minimum absolute atomic E-state index is 0.0556. The molecule has 0 unspecified atom stereocenters. The molecule has 0 amide bonds. The lowest BCUT2D eigenvalue weighted by molar-refractivity contribution is 0.134. The van der Waals surface area contributed by atoms with Crippen molar-refractivity contribution in [1.82, 2.24) is 0 Å². The van der Waals surface area contributed by atoms with Crippen molar-refractivity contribution in [2.45, 2.75) is 39.0 Å². The molecule has 0 aliphatic heterocycles. The minimum atomic E-state index is -3.23. The van der Waals surface area contributed by atoms with Gasteiger partial charge < -0.3 is 10.2 Å². The Bertz CT molecular complexity index is 349. The Labute approximate surface area is 109 Å². The predicted molar refractivity (Wildman–Crippen MR) is 68.6 cm³/mol. The average molecular weight is 280 g/mol. The van der Waals surface area contributed by atoms with E-state index >= 15 is 0 Å². The highest BCUT2D eigenvalue weighted by molar-refractivity contribution is 7.85. The van der Waals surface area contributed by atoms with Gasteiger partial charge in [0.2, 0.25) is 0 Å². The van der Waals surface area contributed by atoms with Crippen LogP contribution >= 0.6 is 0 Å². The van der Waals surface area contributed by atoms with Crippen molar-refractivity contribution >= 4 is 10.1 Å². The fourth-order valence-electron chi connectivity index (χ4n) is 1.55. The second kappa shape index (κ2) is 5.86. The molecule has 6 heteroatoms. The Kier molecular flexibility index (Phi) is 5.17. The van der Waals surface area contributed by atoms with Gasteiger partial charge in [0, 0.05) is 5.41 Å². The monoisotopic (exact) mass is 280 g/mol. The van der Waals surface area contributed by atoms with E-state index in [0.29, 0.717) is 6.61 Å². The number of aliphatic hydroxyl groups excluding tert-OH is 2. The van der Waals surface area contributed by atoms with Gasteiger partial charge in [-0.2, -0.15) is 8.42 Å². The smallest absolute Gasteiger partial charge is 0.264 e. The molecule has 2 saturated carbocycles. The van der Waals surface area contributed by atoms with Gasteiger partial charge in [-0.05, 0) is 37.5 Å². The van der Waals surface area contributed by atoms with Crippen LogP contribution in [0.5, 0.6) is 0 Å². The second-order valence-electron chi connectivity index (χ2n) is 5.64. The molecule has 0 saturated heterocycles. The van der Waals surface area contributed by atoms with Crippen LogP contribution in [0.3, 0.4) is 0 Å². The largest absolute Gasteiger partial charge is 0.396 e. The van der Waals surface area contributed by atoms with Gasteiger partial charge in [0.05, 0.1) is 26.1 Å². The molecule has 2 N–H and O–H groups in total. The molecule has 0 atom stereocenters. The molecule has 5 nitrogen and oxygen atoms in total. The number of aliphatic hydroxyl groups is 2. The van der Waals surface area contributed by atoms with Gasteiger partial charge in [0.15, 0.2) is 0 Å². The van der Waals surface area contributed by atoms with E-state index in [4.69, 9.17) is 14.4 Å². The second-order valence-corrected chi connectivity index (χ2v) is 7.28. The molecule has 0 heterocycles. The summed E-state index contributed by atoms with van der Waals surface area (Å²) >= 11 is 0. The fourth-order valence-corrected chi connectivity index (χ4v) is 2.02. The third-order valence-electron chi connectivity index (χ3n) is 3.91. The first-order chi connectivity index (χ1) is 8.30. The van der Waals surface area contributed by atoms with Gasteiger partial charge in [0.25, 0.3) is 10.1 Å². The van der Waals surface area contributed by atoms with Gasteiger partial charge in [-0.25, -0.2) is 0 Å². The average Bonchev–Trinajstić information content (AvgIpc) is 3.22. The van der Waals surface area contributed by atoms with Crippen molar-refractivity contribution in [3.63, 3.8) is 0 Å². The molecule has 0 aromatic carbocycles. The fraction of sp³-hybridized carbons (Fsp3) is 1.00. The van der Waals surface area contributed by atoms with Crippen molar-refractivity contribution in [2.24, 2.45) is 10.8 Å². The lowest BCUT2D eigenvalue weighted by atomic mass is 10.1. The van der Waals surface area contributed by atoms with Crippen LogP contribution in [0.4, 0.5) is 0 Å². The normalized spacial score (nSPS) is 22.9. The molecule has 2 aliphatic carbocycles. The molecule has 2 fully saturated rings. The number of hydrogen-bond donors (Lipinski definition) is 2. The first-order valence-electron chi connectivity index (χ1n) is 6.36. The summed E-state index contributed by atoms with van der Waals surface area (Å²) < 4.78 is 25.9. The molecule has 18 heavy (non-hydrogen) atoms. The Morgan fingerprint density at radius 1 is 1.06 bits per heavy atom. The molecule has 0 radical (unpaired) electrons. The summed E-state index contributed by atoms with van der Waals surface area (Å²) in [7, 11) is -3.23. The van der Waals surface area contributed by atoms with Crippen LogP contribution in [0, 0.1) is 10.8 Å². The van der Waals surface area contributed by atoms with Crippen molar-refractivity contribution in [3.8, 4) is 0 Å². The highest BCUT2D eigenvalue weighted by atomic mass is 32.2. The van der Waals surface area contributed by atoms with Crippen molar-refractivity contribution in [2.75, 3.05) is 26.1 Å². The van der Waals surface area contributed by atoms with Gasteiger partial charge >= 0.3 is 0 Å². The van der Waals surface area contributed by atoms with E-state index in [-0.39, 0.29) is 24.0 Å². The van der Waals surface area contributed by atoms with E-state index in [9.17, 15) is 8.42 Å². The molecule has 108 valence electrons. The molecule has 0 bridgehead atoms. The molecule has 2 aliphatic rings. The molecule has 0 aromatic rings. The van der Waals surface area contributed by atoms with Crippen LogP contribution in [0.1, 0.15) is 39.0 Å². The summed E-state index contributed by atoms with van der Waals surface area (Å²) in [6, 6.07) is 0. The Balaban J connectivity index is 0.000000199. The zero-order valence-electron chi connectivity index (χ0n) is 11.2. The lowest BCUT2D eigenvalue weighted by Crippen LogP contribution is -2.13. The van der Waals surface area contributed by atoms with Gasteiger partial charge in [-0.1, -0.05) is 6.92 Å². The first kappa shape index (κ1) is 15.9. The van der Waals surface area contributed by atoms with Crippen molar-refractivity contribution in [1.29, 1.82) is 0 Å². The van der Waals surface area contributed by atoms with E-state index < -0.39 is 10.1 Å². The Morgan fingerprint density at radius 2 is 1.50 bits per heavy atom. The van der Waals surface area contributed by atoms with Crippen molar-refractivity contribution < 1.29 is 22.8 Å². The molecule has 2 rings (SSSR count). The van der Waals surface area contributed by atoms with Gasteiger partial charge in [-0.15, -0.1) is 0 Å². The summed E-state index contributed by atoms with van der Waals surface area (Å²) in [4.78, 5) is 0. The third kappa shape index (κ3) is 5.22. The van der Waals surface area contributed by atoms with Crippen LogP contribution in [-0.4, -0.2) is 44.7 Å². The predicted octanol–water partition coefficient (Wildman–Crippen LogP) is 0.904. The molecular formula is C12H24O5S. The maximum atomic E-state index is 10.6. The van der Waals surface area contributed by atoms with Crippen LogP contribution < -0.4 is 0 Å². The van der Waals surface area contributed by atoms with E-state index in [1.54, 1.807) is 0 Å². The minimum Gasteiger partial charge on any atom is -0.396 e. The summed E-state index contributed by atoms with van der Waals surface area (Å²) in [6.07, 6.45) is 6.33. The van der Waals surface area contributed by atoms with Gasteiger partial charge in [-0.3, -0.25) is 4.18 Å². The quantitative estimate of drug-likeness (QED) is 0.706. The third-order valence-corrected chi connectivity index (χ3v) is 4.46. The molecule has 0 aromatic heterocycles. The SMILES string of the molecule is CCC1(COS(C)(=O)=O)CC1.OCC1(CO)CC1. The zero-order chi connectivity index (χ0) is 13.9. The lowest BCUT2D eigenvalue weighted by Gasteiger charge is -2.10. The topological polar surface area (TPSA) is 83.8 Å². The summed E-state index contributed by atoms with van der Waals surface area (Å²) in [5.74, 6) is 0. The molecule has 0 spiro atoms. The maximum absolute atomic E-state index is 10.6. The van der Waals surface area contributed by atoms with Crippen LogP contribution in [0.15, 0.2) is 0 Å². The molecular weight excluding hydrogens is 256 g/mol. The van der Waals surface area contributed by atoms with E-state index in [0.717, 1.165) is 38.4 Å². The van der Waals surface area contributed by atoms with E-state index in [2.05, 4.69) is 6.92 Å². The first-order valence-corrected chi connectivity index (χ1v) is 8.18. The standard InChI is InChI=1S/C7H14O3S.C5H10O2/c1-3-7(4-5-7)6-10-11(2,8)9;6-3-5(4-7)1-2-5/h3-6H2,1-2H3;6-7H,1-4H2. The van der Waals surface area contributed by atoms with Crippen LogP contribution in [0.25, 0.3) is 0 Å². The maximum Gasteiger partial charge on any atom is 0.264 e. The summed E-state index contributed by atoms with van der Waals surface area (Å²) in [6.45, 7) is 2.76. The Hall–Kier alpha value is -0.170. The summed E-state index contributed by atoms with van der Waals surface area (Å²) in [5, 5.41) is 17.0. The highest BCUT2D eigenvalue weighted by Crippen LogP contribution is 2.48. The van der Waals surface area contributed by atoms with Crippen LogP contribution in [-0.2, 0) is 14.3 Å². The van der Waals surface area contributed by atoms with Crippen LogP contribution in [0.2, 0.25) is 0 Å². The number of rotatable bonds is 6. The van der Waals surface area contributed by atoms with E-state index in [1.807, 2.05) is 0 Å². The highest BCUT2D eigenvalue weighted by Gasteiger charge is 2.42. The zero-order valence-corrected chi connectivity index (χ0v) is 12.0. The number of hydrogen-bond acceptors (Lipinski definition) is 5. The Morgan fingerprint density at radius 3 is 1.67 bits per heavy atom. The van der Waals surface area contributed by atoms with E-state index in [1.165, 1.54) is 0 Å².